The molecule has 0 atom stereocenters. The van der Waals surface area contributed by atoms with Gasteiger partial charge in [0.25, 0.3) is 5.91 Å². The molecule has 0 aliphatic rings. The van der Waals surface area contributed by atoms with E-state index in [1.54, 1.807) is 31.1 Å². The van der Waals surface area contributed by atoms with E-state index in [9.17, 15) is 4.79 Å². The van der Waals surface area contributed by atoms with Crippen LogP contribution in [0.25, 0.3) is 11.8 Å². The average molecular weight is 325 g/mol. The Hall–Kier alpha value is -2.25. The van der Waals surface area contributed by atoms with E-state index in [0.717, 1.165) is 11.3 Å². The number of amides is 1. The normalized spacial score (nSPS) is 12.7. The molecule has 1 aromatic heterocycles. The Kier molecular flexibility index (Phi) is 6.21. The molecule has 0 spiro atoms. The zero-order valence-electron chi connectivity index (χ0n) is 12.9. The second kappa shape index (κ2) is 7.67. The number of hydrazine groups is 1. The minimum Gasteiger partial charge on any atom is -0.393 e. The van der Waals surface area contributed by atoms with Crippen molar-refractivity contribution in [2.45, 2.75) is 20.4 Å². The molecular weight excluding hydrogens is 304 g/mol. The van der Waals surface area contributed by atoms with Gasteiger partial charge < -0.3 is 20.6 Å². The molecule has 0 aliphatic carbocycles. The van der Waals surface area contributed by atoms with E-state index in [2.05, 4.69) is 16.9 Å². The van der Waals surface area contributed by atoms with E-state index >= 15 is 0 Å². The molecule has 1 aromatic rings. The lowest BCUT2D eigenvalue weighted by Crippen LogP contribution is -2.31. The fourth-order valence-electron chi connectivity index (χ4n) is 1.78. The van der Waals surface area contributed by atoms with Crippen molar-refractivity contribution in [3.63, 3.8) is 0 Å². The van der Waals surface area contributed by atoms with Crippen LogP contribution in [0.15, 0.2) is 29.8 Å². The van der Waals surface area contributed by atoms with E-state index < -0.39 is 5.91 Å². The predicted molar refractivity (Wildman–Crippen MR) is 88.8 cm³/mol. The van der Waals surface area contributed by atoms with Crippen molar-refractivity contribution in [2.24, 2.45) is 11.6 Å². The fraction of sp³-hybridized carbons (Fsp3) is 0.286. The van der Waals surface area contributed by atoms with Crippen molar-refractivity contribution in [1.29, 1.82) is 0 Å². The van der Waals surface area contributed by atoms with Gasteiger partial charge in [0.15, 0.2) is 0 Å². The number of hydrogen-bond acceptors (Lipinski definition) is 5. The van der Waals surface area contributed by atoms with Gasteiger partial charge in [-0.1, -0.05) is 18.2 Å². The number of nitrogens with two attached hydrogens (primary N) is 2. The summed E-state index contributed by atoms with van der Waals surface area (Å²) in [4.78, 5) is 16.1. The second-order valence-corrected chi connectivity index (χ2v) is 5.29. The van der Waals surface area contributed by atoms with Crippen molar-refractivity contribution in [2.75, 3.05) is 7.05 Å². The number of imidazole rings is 1. The largest absolute Gasteiger partial charge is 0.393 e. The first-order valence-electron chi connectivity index (χ1n) is 6.52. The highest BCUT2D eigenvalue weighted by molar-refractivity contribution is 6.32. The number of carbonyl (C=O) groups excluding carboxylic acids is 1. The summed E-state index contributed by atoms with van der Waals surface area (Å²) in [5.74, 6) is 4.98. The molecule has 8 heteroatoms. The number of rotatable bonds is 6. The quantitative estimate of drug-likeness (QED) is 0.414. The number of hydrogen-bond donors (Lipinski definition) is 3. The number of nitrogens with one attached hydrogen (secondary N) is 1. The Morgan fingerprint density at radius 1 is 1.59 bits per heavy atom. The van der Waals surface area contributed by atoms with Crippen LogP contribution in [-0.4, -0.2) is 27.5 Å². The minimum absolute atomic E-state index is 0.00971. The zero-order chi connectivity index (χ0) is 16.9. The van der Waals surface area contributed by atoms with E-state index in [1.165, 1.54) is 11.2 Å². The Morgan fingerprint density at radius 3 is 2.73 bits per heavy atom. The molecule has 0 saturated heterocycles. The third kappa shape index (κ3) is 4.37. The van der Waals surface area contributed by atoms with E-state index in [1.807, 2.05) is 6.92 Å². The lowest BCUT2D eigenvalue weighted by Gasteiger charge is -2.10. The smallest absolute Gasteiger partial charge is 0.269 e. The summed E-state index contributed by atoms with van der Waals surface area (Å²) in [7, 11) is 1.57. The number of nitrogens with zero attached hydrogens (tertiary/aromatic N) is 3. The Balaban J connectivity index is 2.97. The number of allylic oxidation sites excluding steroid dienone is 2. The maximum atomic E-state index is 11.9. The molecular formula is C14H21ClN6O. The molecule has 1 amide bonds. The highest BCUT2D eigenvalue weighted by atomic mass is 35.5. The molecule has 22 heavy (non-hydrogen) atoms. The number of halogens is 1. The molecule has 0 unspecified atom stereocenters. The highest BCUT2D eigenvalue weighted by Crippen LogP contribution is 2.23. The van der Waals surface area contributed by atoms with Gasteiger partial charge in [-0.2, -0.15) is 0 Å². The summed E-state index contributed by atoms with van der Waals surface area (Å²) in [5.41, 5.74) is 7.94. The van der Waals surface area contributed by atoms with Crippen LogP contribution < -0.4 is 16.9 Å². The van der Waals surface area contributed by atoms with Gasteiger partial charge in [-0.05, 0) is 19.4 Å². The van der Waals surface area contributed by atoms with Crippen molar-refractivity contribution in [3.05, 3.63) is 41.2 Å². The summed E-state index contributed by atoms with van der Waals surface area (Å²) in [5, 5.41) is 4.53. The number of carbonyl (C=O) groups is 1. The van der Waals surface area contributed by atoms with Crippen molar-refractivity contribution in [1.82, 2.24) is 19.9 Å². The molecule has 120 valence electrons. The first-order chi connectivity index (χ1) is 10.3. The Labute approximate surface area is 134 Å². The highest BCUT2D eigenvalue weighted by Gasteiger charge is 2.14. The Bertz CT molecular complexity index is 625. The summed E-state index contributed by atoms with van der Waals surface area (Å²) < 4.78 is 1.75. The van der Waals surface area contributed by atoms with Crippen LogP contribution in [0.3, 0.4) is 0 Å². The van der Waals surface area contributed by atoms with Gasteiger partial charge >= 0.3 is 0 Å². The molecule has 1 rings (SSSR count). The molecule has 0 aliphatic heterocycles. The summed E-state index contributed by atoms with van der Waals surface area (Å²) in [6, 6.07) is 0. The standard InChI is InChI=1S/C14H21ClN6O/c1-5-21-8-19-12(13(21)9(2)10(3)15)6-18-14(22)11(16)7-20(4)17/h5,7-8H,1,6,16-17H2,2-4H3,(H,18,22)/b10-9+,11-7-. The van der Waals surface area contributed by atoms with Gasteiger partial charge in [0, 0.05) is 24.5 Å². The first kappa shape index (κ1) is 17.8. The van der Waals surface area contributed by atoms with Gasteiger partial charge in [0.1, 0.15) is 5.70 Å². The SMILES string of the molecule is C=Cn1cnc(CNC(=O)/C(N)=C/N(C)N)c1/C(C)=C(\C)Cl. The average Bonchev–Trinajstić information content (AvgIpc) is 2.85. The number of aromatic nitrogens is 2. The molecule has 5 N–H and O–H groups in total. The van der Waals surface area contributed by atoms with Crippen LogP contribution in [0.2, 0.25) is 0 Å². The van der Waals surface area contributed by atoms with Crippen LogP contribution in [0.4, 0.5) is 0 Å². The topological polar surface area (TPSA) is 102 Å². The van der Waals surface area contributed by atoms with Crippen molar-refractivity contribution < 1.29 is 4.79 Å². The predicted octanol–water partition coefficient (Wildman–Crippen LogP) is 1.20. The van der Waals surface area contributed by atoms with Crippen LogP contribution in [0.5, 0.6) is 0 Å². The van der Waals surface area contributed by atoms with Crippen molar-refractivity contribution >= 4 is 29.3 Å². The minimum atomic E-state index is -0.430. The summed E-state index contributed by atoms with van der Waals surface area (Å²) >= 11 is 6.06. The maximum Gasteiger partial charge on any atom is 0.269 e. The molecule has 7 nitrogen and oxygen atoms in total. The van der Waals surface area contributed by atoms with Crippen LogP contribution >= 0.6 is 11.6 Å². The second-order valence-electron chi connectivity index (χ2n) is 4.72. The summed E-state index contributed by atoms with van der Waals surface area (Å²) in [6.45, 7) is 7.60. The van der Waals surface area contributed by atoms with Gasteiger partial charge in [0.05, 0.1) is 24.3 Å². The van der Waals surface area contributed by atoms with E-state index in [0.29, 0.717) is 10.7 Å². The van der Waals surface area contributed by atoms with Crippen LogP contribution in [-0.2, 0) is 11.3 Å². The first-order valence-corrected chi connectivity index (χ1v) is 6.90. The fourth-order valence-corrected chi connectivity index (χ4v) is 1.87. The molecule has 1 heterocycles. The van der Waals surface area contributed by atoms with Gasteiger partial charge in [-0.15, -0.1) is 0 Å². The third-order valence-electron chi connectivity index (χ3n) is 2.96. The van der Waals surface area contributed by atoms with Gasteiger partial charge in [-0.3, -0.25) is 4.79 Å². The molecule has 0 fully saturated rings. The van der Waals surface area contributed by atoms with Crippen LogP contribution in [0, 0.1) is 0 Å². The molecule has 0 bridgehead atoms. The van der Waals surface area contributed by atoms with Crippen LogP contribution in [0.1, 0.15) is 25.2 Å². The van der Waals surface area contributed by atoms with Gasteiger partial charge in [-0.25, -0.2) is 10.8 Å². The Morgan fingerprint density at radius 2 is 2.23 bits per heavy atom. The van der Waals surface area contributed by atoms with E-state index in [-0.39, 0.29) is 12.2 Å². The zero-order valence-corrected chi connectivity index (χ0v) is 13.7. The third-order valence-corrected chi connectivity index (χ3v) is 3.24. The lowest BCUT2D eigenvalue weighted by atomic mass is 10.1. The molecule has 0 saturated carbocycles. The van der Waals surface area contributed by atoms with E-state index in [4.69, 9.17) is 23.2 Å². The molecule has 0 aromatic carbocycles. The molecule has 0 radical (unpaired) electrons. The van der Waals surface area contributed by atoms with Crippen molar-refractivity contribution in [3.8, 4) is 0 Å². The van der Waals surface area contributed by atoms with Gasteiger partial charge in [0.2, 0.25) is 0 Å². The lowest BCUT2D eigenvalue weighted by molar-refractivity contribution is -0.117. The summed E-state index contributed by atoms with van der Waals surface area (Å²) in [6.07, 6.45) is 4.56. The maximum absolute atomic E-state index is 11.9. The monoisotopic (exact) mass is 324 g/mol.